The Labute approximate surface area is 108 Å². The maximum absolute atomic E-state index is 12.3. The molecule has 1 aliphatic rings. The van der Waals surface area contributed by atoms with Crippen molar-refractivity contribution in [2.45, 2.75) is 45.2 Å². The molecule has 0 aliphatic heterocycles. The van der Waals surface area contributed by atoms with Gasteiger partial charge in [0.15, 0.2) is 0 Å². The molecule has 1 heterocycles. The summed E-state index contributed by atoms with van der Waals surface area (Å²) in [6, 6.07) is 3.85. The number of nitrogens with two attached hydrogens (primary N) is 1. The van der Waals surface area contributed by atoms with Gasteiger partial charge in [-0.15, -0.1) is 0 Å². The number of furan rings is 1. The third kappa shape index (κ3) is 2.93. The molecule has 2 atom stereocenters. The molecule has 1 aromatic heterocycles. The van der Waals surface area contributed by atoms with Crippen molar-refractivity contribution in [3.63, 3.8) is 0 Å². The first-order valence-corrected chi connectivity index (χ1v) is 6.64. The minimum Gasteiger partial charge on any atom is -0.464 e. The molecule has 2 unspecified atom stereocenters. The van der Waals surface area contributed by atoms with E-state index in [0.29, 0.717) is 6.54 Å². The summed E-state index contributed by atoms with van der Waals surface area (Å²) in [4.78, 5) is 14.1. The average Bonchev–Trinajstić information content (AvgIpc) is 2.74. The highest BCUT2D eigenvalue weighted by molar-refractivity contribution is 5.79. The second-order valence-electron chi connectivity index (χ2n) is 5.26. The van der Waals surface area contributed by atoms with Crippen molar-refractivity contribution in [3.8, 4) is 0 Å². The van der Waals surface area contributed by atoms with Gasteiger partial charge in [0.25, 0.3) is 0 Å². The quantitative estimate of drug-likeness (QED) is 0.893. The minimum absolute atomic E-state index is 0.0141. The van der Waals surface area contributed by atoms with Crippen LogP contribution in [0.2, 0.25) is 0 Å². The summed E-state index contributed by atoms with van der Waals surface area (Å²) in [6.45, 7) is 2.43. The molecule has 0 aromatic carbocycles. The molecule has 1 saturated carbocycles. The number of carbonyl (C=O) groups is 1. The highest BCUT2D eigenvalue weighted by atomic mass is 16.3. The molecule has 0 saturated heterocycles. The molecule has 0 spiro atoms. The summed E-state index contributed by atoms with van der Waals surface area (Å²) >= 11 is 0. The van der Waals surface area contributed by atoms with E-state index in [1.54, 1.807) is 4.90 Å². The maximum Gasteiger partial charge on any atom is 0.227 e. The lowest BCUT2D eigenvalue weighted by Gasteiger charge is -2.30. The van der Waals surface area contributed by atoms with Crippen molar-refractivity contribution in [2.24, 2.45) is 11.7 Å². The van der Waals surface area contributed by atoms with E-state index >= 15 is 0 Å². The van der Waals surface area contributed by atoms with Crippen molar-refractivity contribution in [3.05, 3.63) is 23.7 Å². The van der Waals surface area contributed by atoms with Gasteiger partial charge in [-0.05, 0) is 31.9 Å². The van der Waals surface area contributed by atoms with E-state index in [9.17, 15) is 4.79 Å². The van der Waals surface area contributed by atoms with Gasteiger partial charge in [-0.1, -0.05) is 12.8 Å². The number of nitrogens with zero attached hydrogens (tertiary/aromatic N) is 1. The van der Waals surface area contributed by atoms with Gasteiger partial charge in [0.1, 0.15) is 11.5 Å². The molecular weight excluding hydrogens is 228 g/mol. The van der Waals surface area contributed by atoms with Crippen molar-refractivity contribution >= 4 is 5.91 Å². The normalized spacial score (nSPS) is 23.9. The van der Waals surface area contributed by atoms with Crippen LogP contribution in [-0.2, 0) is 11.3 Å². The molecule has 0 bridgehead atoms. The molecule has 1 fully saturated rings. The Morgan fingerprint density at radius 2 is 2.17 bits per heavy atom. The Morgan fingerprint density at radius 1 is 1.44 bits per heavy atom. The van der Waals surface area contributed by atoms with Crippen LogP contribution in [0.1, 0.15) is 37.2 Å². The number of carbonyl (C=O) groups excluding carboxylic acids is 1. The van der Waals surface area contributed by atoms with Crippen LogP contribution in [0, 0.1) is 12.8 Å². The van der Waals surface area contributed by atoms with E-state index in [1.807, 2.05) is 26.1 Å². The highest BCUT2D eigenvalue weighted by Crippen LogP contribution is 2.25. The van der Waals surface area contributed by atoms with Crippen molar-refractivity contribution in [1.82, 2.24) is 4.90 Å². The molecule has 2 rings (SSSR count). The Balaban J connectivity index is 1.95. The largest absolute Gasteiger partial charge is 0.464 e. The van der Waals surface area contributed by atoms with Crippen LogP contribution in [0.15, 0.2) is 16.5 Å². The molecule has 18 heavy (non-hydrogen) atoms. The van der Waals surface area contributed by atoms with Crippen molar-refractivity contribution in [1.29, 1.82) is 0 Å². The molecule has 1 aliphatic carbocycles. The molecule has 1 amide bonds. The summed E-state index contributed by atoms with van der Waals surface area (Å²) < 4.78 is 5.49. The zero-order chi connectivity index (χ0) is 13.1. The summed E-state index contributed by atoms with van der Waals surface area (Å²) in [5.41, 5.74) is 6.04. The second-order valence-corrected chi connectivity index (χ2v) is 5.26. The first kappa shape index (κ1) is 13.1. The van der Waals surface area contributed by atoms with Gasteiger partial charge in [0, 0.05) is 13.1 Å². The van der Waals surface area contributed by atoms with E-state index in [1.165, 1.54) is 0 Å². The summed E-state index contributed by atoms with van der Waals surface area (Å²) in [6.07, 6.45) is 4.13. The predicted molar refractivity (Wildman–Crippen MR) is 69.9 cm³/mol. The molecule has 0 radical (unpaired) electrons. The summed E-state index contributed by atoms with van der Waals surface area (Å²) in [5, 5.41) is 0. The standard InChI is InChI=1S/C14H22N2O2/c1-10-7-8-11(18-10)9-16(2)14(17)12-5-3-4-6-13(12)15/h7-8,12-13H,3-6,9,15H2,1-2H3. The smallest absolute Gasteiger partial charge is 0.227 e. The average molecular weight is 250 g/mol. The van der Waals surface area contributed by atoms with Gasteiger partial charge in [-0.3, -0.25) is 4.79 Å². The lowest BCUT2D eigenvalue weighted by Crippen LogP contribution is -2.44. The first-order chi connectivity index (χ1) is 8.58. The highest BCUT2D eigenvalue weighted by Gasteiger charge is 2.30. The van der Waals surface area contributed by atoms with E-state index in [2.05, 4.69) is 0 Å². The van der Waals surface area contributed by atoms with Gasteiger partial charge < -0.3 is 15.1 Å². The molecule has 4 heteroatoms. The fourth-order valence-corrected chi connectivity index (χ4v) is 2.63. The number of amides is 1. The Hall–Kier alpha value is -1.29. The zero-order valence-corrected chi connectivity index (χ0v) is 11.2. The van der Waals surface area contributed by atoms with Crippen molar-refractivity contribution < 1.29 is 9.21 Å². The number of hydrogen-bond donors (Lipinski definition) is 1. The number of hydrogen-bond acceptors (Lipinski definition) is 3. The van der Waals surface area contributed by atoms with Crippen LogP contribution >= 0.6 is 0 Å². The van der Waals surface area contributed by atoms with Gasteiger partial charge in [-0.2, -0.15) is 0 Å². The lowest BCUT2D eigenvalue weighted by molar-refractivity contribution is -0.136. The molecule has 4 nitrogen and oxygen atoms in total. The minimum atomic E-state index is -0.0141. The van der Waals surface area contributed by atoms with Crippen LogP contribution in [-0.4, -0.2) is 23.9 Å². The van der Waals surface area contributed by atoms with Crippen LogP contribution in [0.3, 0.4) is 0 Å². The lowest BCUT2D eigenvalue weighted by atomic mass is 9.84. The third-order valence-corrected chi connectivity index (χ3v) is 3.70. The maximum atomic E-state index is 12.3. The Kier molecular flexibility index (Phi) is 4.07. The van der Waals surface area contributed by atoms with Crippen LogP contribution in [0.5, 0.6) is 0 Å². The molecule has 2 N–H and O–H groups in total. The van der Waals surface area contributed by atoms with Crippen LogP contribution in [0.25, 0.3) is 0 Å². The Morgan fingerprint density at radius 3 is 2.78 bits per heavy atom. The number of rotatable bonds is 3. The summed E-state index contributed by atoms with van der Waals surface area (Å²) in [5.74, 6) is 1.84. The fraction of sp³-hybridized carbons (Fsp3) is 0.643. The molecular formula is C14H22N2O2. The van der Waals surface area contributed by atoms with Crippen LogP contribution in [0.4, 0.5) is 0 Å². The van der Waals surface area contributed by atoms with Gasteiger partial charge >= 0.3 is 0 Å². The van der Waals surface area contributed by atoms with Gasteiger partial charge in [0.05, 0.1) is 12.5 Å². The Bertz CT molecular complexity index is 414. The number of aryl methyl sites for hydroxylation is 1. The first-order valence-electron chi connectivity index (χ1n) is 6.64. The molecule has 1 aromatic rings. The monoisotopic (exact) mass is 250 g/mol. The summed E-state index contributed by atoms with van der Waals surface area (Å²) in [7, 11) is 1.82. The topological polar surface area (TPSA) is 59.5 Å². The predicted octanol–water partition coefficient (Wildman–Crippen LogP) is 2.06. The van der Waals surface area contributed by atoms with E-state index in [-0.39, 0.29) is 17.9 Å². The van der Waals surface area contributed by atoms with E-state index in [4.69, 9.17) is 10.2 Å². The molecule has 100 valence electrons. The van der Waals surface area contributed by atoms with Crippen molar-refractivity contribution in [2.75, 3.05) is 7.05 Å². The van der Waals surface area contributed by atoms with Gasteiger partial charge in [-0.25, -0.2) is 0 Å². The zero-order valence-electron chi connectivity index (χ0n) is 11.2. The van der Waals surface area contributed by atoms with Gasteiger partial charge in [0.2, 0.25) is 5.91 Å². The van der Waals surface area contributed by atoms with E-state index in [0.717, 1.165) is 37.2 Å². The SMILES string of the molecule is Cc1ccc(CN(C)C(=O)C2CCCCC2N)o1. The van der Waals surface area contributed by atoms with Crippen LogP contribution < -0.4 is 5.73 Å². The second kappa shape index (κ2) is 5.57. The van der Waals surface area contributed by atoms with E-state index < -0.39 is 0 Å². The fourth-order valence-electron chi connectivity index (χ4n) is 2.63. The third-order valence-electron chi connectivity index (χ3n) is 3.70.